The molecule has 1 atom stereocenters. The second-order valence-corrected chi connectivity index (χ2v) is 6.38. The van der Waals surface area contributed by atoms with E-state index in [1.54, 1.807) is 40.9 Å². The number of amides is 1. The molecule has 0 saturated carbocycles. The van der Waals surface area contributed by atoms with Gasteiger partial charge in [-0.3, -0.25) is 9.79 Å². The summed E-state index contributed by atoms with van der Waals surface area (Å²) in [5.41, 5.74) is -0.864. The van der Waals surface area contributed by atoms with Gasteiger partial charge in [-0.25, -0.2) is 0 Å². The summed E-state index contributed by atoms with van der Waals surface area (Å²) in [7, 11) is 3.12. The third kappa shape index (κ3) is 5.95. The van der Waals surface area contributed by atoms with Crippen LogP contribution in [0.3, 0.4) is 0 Å². The molecule has 0 heterocycles. The minimum atomic E-state index is -4.38. The zero-order valence-electron chi connectivity index (χ0n) is 15.1. The quantitative estimate of drug-likeness (QED) is 0.560. The highest BCUT2D eigenvalue weighted by atomic mass is 19.4. The molecule has 0 aromatic heterocycles. The van der Waals surface area contributed by atoms with E-state index in [2.05, 4.69) is 20.9 Å². The summed E-state index contributed by atoms with van der Waals surface area (Å²) in [4.78, 5) is 15.8. The molecular weight excluding hydrogens is 333 g/mol. The highest BCUT2D eigenvalue weighted by Gasteiger charge is 2.31. The lowest BCUT2D eigenvalue weighted by Gasteiger charge is -2.25. The van der Waals surface area contributed by atoms with Crippen LogP contribution in [0.1, 0.15) is 37.9 Å². The smallest absolute Gasteiger partial charge is 0.359 e. The molecule has 0 bridgehead atoms. The fourth-order valence-corrected chi connectivity index (χ4v) is 2.19. The van der Waals surface area contributed by atoms with E-state index < -0.39 is 23.2 Å². The van der Waals surface area contributed by atoms with Crippen molar-refractivity contribution in [2.24, 2.45) is 10.4 Å². The van der Waals surface area contributed by atoms with Crippen molar-refractivity contribution < 1.29 is 18.0 Å². The number of rotatable bonds is 5. The van der Waals surface area contributed by atoms with Gasteiger partial charge in [0.05, 0.1) is 17.0 Å². The first-order chi connectivity index (χ1) is 11.5. The molecule has 1 aromatic carbocycles. The number of benzene rings is 1. The highest BCUT2D eigenvalue weighted by molar-refractivity contribution is 5.84. The maximum Gasteiger partial charge on any atom is 0.416 e. The molecule has 0 aliphatic rings. The normalized spacial score (nSPS) is 14.0. The second kappa shape index (κ2) is 8.22. The topological polar surface area (TPSA) is 65.5 Å². The summed E-state index contributed by atoms with van der Waals surface area (Å²) < 4.78 is 38.5. The van der Waals surface area contributed by atoms with Gasteiger partial charge in [0.2, 0.25) is 5.91 Å². The maximum atomic E-state index is 12.8. The number of hydrogen-bond acceptors (Lipinski definition) is 2. The van der Waals surface area contributed by atoms with Crippen molar-refractivity contribution in [1.82, 2.24) is 16.0 Å². The van der Waals surface area contributed by atoms with Gasteiger partial charge >= 0.3 is 6.18 Å². The predicted octanol–water partition coefficient (Wildman–Crippen LogP) is 2.70. The van der Waals surface area contributed by atoms with E-state index in [1.165, 1.54) is 6.07 Å². The molecule has 1 aromatic rings. The van der Waals surface area contributed by atoms with E-state index in [0.29, 0.717) is 18.1 Å². The van der Waals surface area contributed by atoms with Crippen LogP contribution in [-0.2, 0) is 11.0 Å². The molecule has 1 unspecified atom stereocenters. The van der Waals surface area contributed by atoms with Crippen LogP contribution >= 0.6 is 0 Å². The fraction of sp³-hybridized carbons (Fsp3) is 0.529. The fourth-order valence-electron chi connectivity index (χ4n) is 2.19. The SMILES string of the molecule is CN=C(NCC(C)(C)C(=O)NC)NC(C)c1cccc(C(F)(F)F)c1. The molecule has 0 fully saturated rings. The first kappa shape index (κ1) is 20.8. The number of hydrogen-bond donors (Lipinski definition) is 3. The van der Waals surface area contributed by atoms with E-state index in [1.807, 2.05) is 0 Å². The van der Waals surface area contributed by atoms with Gasteiger partial charge in [0, 0.05) is 20.6 Å². The Balaban J connectivity index is 2.77. The highest BCUT2D eigenvalue weighted by Crippen LogP contribution is 2.30. The zero-order chi connectivity index (χ0) is 19.3. The molecule has 1 rings (SSSR count). The first-order valence-corrected chi connectivity index (χ1v) is 7.88. The van der Waals surface area contributed by atoms with Crippen LogP contribution in [0.4, 0.5) is 13.2 Å². The van der Waals surface area contributed by atoms with Crippen molar-refractivity contribution in [1.29, 1.82) is 0 Å². The van der Waals surface area contributed by atoms with Crippen molar-refractivity contribution in [3.63, 3.8) is 0 Å². The Labute approximate surface area is 146 Å². The third-order valence-corrected chi connectivity index (χ3v) is 3.83. The van der Waals surface area contributed by atoms with E-state index >= 15 is 0 Å². The molecule has 0 saturated heterocycles. The van der Waals surface area contributed by atoms with Crippen molar-refractivity contribution in [2.75, 3.05) is 20.6 Å². The van der Waals surface area contributed by atoms with Crippen LogP contribution in [0.15, 0.2) is 29.3 Å². The summed E-state index contributed by atoms with van der Waals surface area (Å²) in [5.74, 6) is 0.281. The van der Waals surface area contributed by atoms with Gasteiger partial charge in [0.1, 0.15) is 0 Å². The summed E-state index contributed by atoms with van der Waals surface area (Å²) >= 11 is 0. The van der Waals surface area contributed by atoms with Gasteiger partial charge in [-0.05, 0) is 38.5 Å². The standard InChI is InChI=1S/C17H25F3N4O/c1-11(12-7-6-8-13(9-12)17(18,19)20)24-15(22-5)23-10-16(2,3)14(25)21-4/h6-9,11H,10H2,1-5H3,(H,21,25)(H2,22,23,24). The predicted molar refractivity (Wildman–Crippen MR) is 92.2 cm³/mol. The summed E-state index contributed by atoms with van der Waals surface area (Å²) in [6.45, 7) is 5.62. The van der Waals surface area contributed by atoms with Crippen LogP contribution in [0.2, 0.25) is 0 Å². The summed E-state index contributed by atoms with van der Waals surface area (Å²) in [6.07, 6.45) is -4.38. The lowest BCUT2D eigenvalue weighted by Crippen LogP contribution is -2.47. The Morgan fingerprint density at radius 3 is 2.44 bits per heavy atom. The van der Waals surface area contributed by atoms with Crippen LogP contribution in [0.5, 0.6) is 0 Å². The number of carbonyl (C=O) groups excluding carboxylic acids is 1. The molecule has 1 amide bonds. The van der Waals surface area contributed by atoms with Gasteiger partial charge in [-0.15, -0.1) is 0 Å². The lowest BCUT2D eigenvalue weighted by atomic mass is 9.92. The number of carbonyl (C=O) groups is 1. The number of nitrogens with one attached hydrogen (secondary N) is 3. The lowest BCUT2D eigenvalue weighted by molar-refractivity contribution is -0.137. The summed E-state index contributed by atoms with van der Waals surface area (Å²) in [6, 6.07) is 4.75. The van der Waals surface area contributed by atoms with E-state index in [0.717, 1.165) is 12.1 Å². The van der Waals surface area contributed by atoms with Crippen molar-refractivity contribution in [3.05, 3.63) is 35.4 Å². The Morgan fingerprint density at radius 1 is 1.28 bits per heavy atom. The van der Waals surface area contributed by atoms with Gasteiger partial charge in [-0.1, -0.05) is 12.1 Å². The largest absolute Gasteiger partial charge is 0.416 e. The van der Waals surface area contributed by atoms with Crippen molar-refractivity contribution in [3.8, 4) is 0 Å². The van der Waals surface area contributed by atoms with Crippen LogP contribution < -0.4 is 16.0 Å². The molecule has 3 N–H and O–H groups in total. The van der Waals surface area contributed by atoms with Gasteiger partial charge in [0.25, 0.3) is 0 Å². The van der Waals surface area contributed by atoms with E-state index in [9.17, 15) is 18.0 Å². The van der Waals surface area contributed by atoms with Crippen molar-refractivity contribution in [2.45, 2.75) is 33.0 Å². The Morgan fingerprint density at radius 2 is 1.92 bits per heavy atom. The first-order valence-electron chi connectivity index (χ1n) is 7.88. The van der Waals surface area contributed by atoms with Gasteiger partial charge in [-0.2, -0.15) is 13.2 Å². The van der Waals surface area contributed by atoms with E-state index in [-0.39, 0.29) is 5.91 Å². The van der Waals surface area contributed by atoms with Gasteiger partial charge < -0.3 is 16.0 Å². The molecule has 25 heavy (non-hydrogen) atoms. The monoisotopic (exact) mass is 358 g/mol. The van der Waals surface area contributed by atoms with Crippen LogP contribution in [0, 0.1) is 5.41 Å². The molecule has 5 nitrogen and oxygen atoms in total. The summed E-state index contributed by atoms with van der Waals surface area (Å²) in [5, 5.41) is 8.65. The Hall–Kier alpha value is -2.25. The molecule has 0 radical (unpaired) electrons. The zero-order valence-corrected chi connectivity index (χ0v) is 15.1. The van der Waals surface area contributed by atoms with E-state index in [4.69, 9.17) is 0 Å². The number of halogens is 3. The average Bonchev–Trinajstić information content (AvgIpc) is 2.56. The molecule has 140 valence electrons. The molecule has 0 aliphatic carbocycles. The van der Waals surface area contributed by atoms with Crippen LogP contribution in [-0.4, -0.2) is 32.5 Å². The van der Waals surface area contributed by atoms with Crippen molar-refractivity contribution >= 4 is 11.9 Å². The minimum Gasteiger partial charge on any atom is -0.359 e. The van der Waals surface area contributed by atoms with Gasteiger partial charge in [0.15, 0.2) is 5.96 Å². The molecule has 8 heteroatoms. The number of guanidine groups is 1. The number of nitrogens with zero attached hydrogens (tertiary/aromatic N) is 1. The Kier molecular flexibility index (Phi) is 6.84. The Bertz CT molecular complexity index is 627. The second-order valence-electron chi connectivity index (χ2n) is 6.38. The minimum absolute atomic E-state index is 0.124. The average molecular weight is 358 g/mol. The third-order valence-electron chi connectivity index (χ3n) is 3.83. The number of alkyl halides is 3. The molecule has 0 aliphatic heterocycles. The molecular formula is C17H25F3N4O. The molecule has 0 spiro atoms. The maximum absolute atomic E-state index is 12.8. The number of aliphatic imine (C=N–C) groups is 1. The van der Waals surface area contributed by atoms with Crippen LogP contribution in [0.25, 0.3) is 0 Å².